The lowest BCUT2D eigenvalue weighted by molar-refractivity contribution is -0.119. The number of benzene rings is 1. The van der Waals surface area contributed by atoms with E-state index in [9.17, 15) is 14.4 Å². The van der Waals surface area contributed by atoms with Crippen molar-refractivity contribution in [2.45, 2.75) is 53.0 Å². The minimum Gasteiger partial charge on any atom is -0.462 e. The summed E-state index contributed by atoms with van der Waals surface area (Å²) in [7, 11) is 0. The Morgan fingerprint density at radius 2 is 2.00 bits per heavy atom. The molecule has 1 amide bonds. The van der Waals surface area contributed by atoms with Crippen LogP contribution in [0.5, 0.6) is 0 Å². The summed E-state index contributed by atoms with van der Waals surface area (Å²) in [4.78, 5) is 40.7. The van der Waals surface area contributed by atoms with Crippen LogP contribution in [-0.4, -0.2) is 38.0 Å². The zero-order valence-electron chi connectivity index (χ0n) is 20.6. The average molecular weight is 506 g/mol. The van der Waals surface area contributed by atoms with Crippen LogP contribution < -0.4 is 10.9 Å². The van der Waals surface area contributed by atoms with Gasteiger partial charge in [0.25, 0.3) is 5.56 Å². The minimum atomic E-state index is -0.923. The first-order valence-corrected chi connectivity index (χ1v) is 12.8. The SMILES string of the molecule is CCOC(=O)c1c(NC(=O)C(C)n2nc(C)c3cnn(-c4ccccc4C)c3c2=O)sc2c1CCC2. The third-order valence-corrected chi connectivity index (χ3v) is 7.76. The lowest BCUT2D eigenvalue weighted by atomic mass is 10.1. The van der Waals surface area contributed by atoms with E-state index in [1.54, 1.807) is 31.6 Å². The van der Waals surface area contributed by atoms with Crippen LogP contribution in [-0.2, 0) is 22.4 Å². The molecule has 0 fully saturated rings. The molecule has 0 saturated heterocycles. The molecule has 9 nitrogen and oxygen atoms in total. The summed E-state index contributed by atoms with van der Waals surface area (Å²) < 4.78 is 8.05. The third-order valence-electron chi connectivity index (χ3n) is 6.55. The molecule has 4 aromatic rings. The molecule has 1 aliphatic carbocycles. The first kappa shape index (κ1) is 23.9. The van der Waals surface area contributed by atoms with E-state index in [0.717, 1.165) is 41.0 Å². The van der Waals surface area contributed by atoms with Gasteiger partial charge in [-0.15, -0.1) is 11.3 Å². The molecule has 1 aromatic carbocycles. The van der Waals surface area contributed by atoms with Gasteiger partial charge >= 0.3 is 5.97 Å². The summed E-state index contributed by atoms with van der Waals surface area (Å²) in [5, 5.41) is 12.9. The van der Waals surface area contributed by atoms with E-state index in [4.69, 9.17) is 4.74 Å². The van der Waals surface area contributed by atoms with Crippen molar-refractivity contribution in [2.24, 2.45) is 0 Å². The third kappa shape index (κ3) is 3.91. The summed E-state index contributed by atoms with van der Waals surface area (Å²) in [5.74, 6) is -0.870. The van der Waals surface area contributed by atoms with Gasteiger partial charge in [0.05, 0.1) is 29.7 Å². The number of fused-ring (bicyclic) bond motifs is 2. The number of ether oxygens (including phenoxy) is 1. The molecule has 5 rings (SSSR count). The van der Waals surface area contributed by atoms with Crippen molar-refractivity contribution in [3.8, 4) is 5.69 Å². The first-order valence-electron chi connectivity index (χ1n) is 12.0. The molecule has 3 aromatic heterocycles. The highest BCUT2D eigenvalue weighted by Gasteiger charge is 2.30. The highest BCUT2D eigenvalue weighted by Crippen LogP contribution is 2.39. The Hall–Kier alpha value is -3.79. The Morgan fingerprint density at radius 3 is 2.75 bits per heavy atom. The zero-order chi connectivity index (χ0) is 25.6. The lowest BCUT2D eigenvalue weighted by Crippen LogP contribution is -2.34. The monoisotopic (exact) mass is 505 g/mol. The maximum atomic E-state index is 13.6. The number of nitrogens with one attached hydrogen (secondary N) is 1. The smallest absolute Gasteiger partial charge is 0.341 e. The summed E-state index contributed by atoms with van der Waals surface area (Å²) >= 11 is 1.40. The Labute approximate surface area is 211 Å². The van der Waals surface area contributed by atoms with Gasteiger partial charge in [-0.25, -0.2) is 14.2 Å². The molecule has 186 valence electrons. The number of hydrogen-bond acceptors (Lipinski definition) is 7. The van der Waals surface area contributed by atoms with Gasteiger partial charge in [0.15, 0.2) is 0 Å². The van der Waals surface area contributed by atoms with E-state index >= 15 is 0 Å². The summed E-state index contributed by atoms with van der Waals surface area (Å²) in [5.41, 5.74) is 3.66. The van der Waals surface area contributed by atoms with Crippen molar-refractivity contribution in [2.75, 3.05) is 11.9 Å². The van der Waals surface area contributed by atoms with Gasteiger partial charge in [0.2, 0.25) is 5.91 Å². The molecule has 1 atom stereocenters. The molecule has 1 N–H and O–H groups in total. The Balaban J connectivity index is 1.53. The maximum absolute atomic E-state index is 13.6. The van der Waals surface area contributed by atoms with Gasteiger partial charge in [-0.1, -0.05) is 18.2 Å². The van der Waals surface area contributed by atoms with E-state index in [2.05, 4.69) is 15.5 Å². The van der Waals surface area contributed by atoms with Crippen molar-refractivity contribution in [3.05, 3.63) is 68.1 Å². The molecule has 0 aliphatic heterocycles. The van der Waals surface area contributed by atoms with Gasteiger partial charge in [0.1, 0.15) is 16.6 Å². The molecular formula is C26H27N5O4S. The van der Waals surface area contributed by atoms with E-state index in [-0.39, 0.29) is 6.61 Å². The Kier molecular flexibility index (Phi) is 6.21. The number of para-hydroxylation sites is 1. The number of nitrogens with zero attached hydrogens (tertiary/aromatic N) is 4. The predicted molar refractivity (Wildman–Crippen MR) is 138 cm³/mol. The van der Waals surface area contributed by atoms with Crippen molar-refractivity contribution < 1.29 is 14.3 Å². The van der Waals surface area contributed by atoms with E-state index in [1.165, 1.54) is 16.0 Å². The maximum Gasteiger partial charge on any atom is 0.341 e. The fourth-order valence-corrected chi connectivity index (χ4v) is 5.95. The quantitative estimate of drug-likeness (QED) is 0.395. The minimum absolute atomic E-state index is 0.250. The number of esters is 1. The highest BCUT2D eigenvalue weighted by atomic mass is 32.1. The Morgan fingerprint density at radius 1 is 1.22 bits per heavy atom. The van der Waals surface area contributed by atoms with Gasteiger partial charge in [-0.05, 0) is 64.2 Å². The van der Waals surface area contributed by atoms with Crippen LogP contribution >= 0.6 is 11.3 Å². The number of thiophene rings is 1. The largest absolute Gasteiger partial charge is 0.462 e. The number of carbonyl (C=O) groups is 2. The van der Waals surface area contributed by atoms with Gasteiger partial charge < -0.3 is 10.1 Å². The summed E-state index contributed by atoms with van der Waals surface area (Å²) in [6.07, 6.45) is 4.26. The fraction of sp³-hybridized carbons (Fsp3) is 0.346. The molecule has 10 heteroatoms. The molecule has 0 spiro atoms. The topological polar surface area (TPSA) is 108 Å². The van der Waals surface area contributed by atoms with Crippen LogP contribution in [0.1, 0.15) is 58.4 Å². The highest BCUT2D eigenvalue weighted by molar-refractivity contribution is 7.17. The van der Waals surface area contributed by atoms with Crippen LogP contribution in [0.25, 0.3) is 16.6 Å². The van der Waals surface area contributed by atoms with Crippen LogP contribution in [0.3, 0.4) is 0 Å². The molecule has 0 radical (unpaired) electrons. The first-order chi connectivity index (χ1) is 17.3. The van der Waals surface area contributed by atoms with Gasteiger partial charge in [0, 0.05) is 10.3 Å². The fourth-order valence-electron chi connectivity index (χ4n) is 4.67. The molecule has 0 bridgehead atoms. The predicted octanol–water partition coefficient (Wildman–Crippen LogP) is 4.13. The summed E-state index contributed by atoms with van der Waals surface area (Å²) in [6, 6.07) is 6.73. The second kappa shape index (κ2) is 9.34. The standard InChI is InChI=1S/C26H27N5O4S/c1-5-35-26(34)21-17-10-8-12-20(17)36-24(21)28-23(32)16(4)30-25(33)22-18(15(3)29-30)13-27-31(22)19-11-7-6-9-14(19)2/h6-7,9,11,13,16H,5,8,10,12H2,1-4H3,(H,28,32). The van der Waals surface area contributed by atoms with Gasteiger partial charge in [-0.2, -0.15) is 10.2 Å². The average Bonchev–Trinajstić information content (AvgIpc) is 3.56. The molecule has 36 heavy (non-hydrogen) atoms. The van der Waals surface area contributed by atoms with Crippen LogP contribution in [0.15, 0.2) is 35.3 Å². The molecule has 1 aliphatic rings. The number of anilines is 1. The molecular weight excluding hydrogens is 478 g/mol. The Bertz CT molecular complexity index is 1560. The lowest BCUT2D eigenvalue weighted by Gasteiger charge is -2.16. The number of aromatic nitrogens is 4. The van der Waals surface area contributed by atoms with Crippen LogP contribution in [0.2, 0.25) is 0 Å². The summed E-state index contributed by atoms with van der Waals surface area (Å²) in [6.45, 7) is 7.36. The zero-order valence-corrected chi connectivity index (χ0v) is 21.4. The normalized spacial score (nSPS) is 13.6. The molecule has 1 unspecified atom stereocenters. The number of hydrogen-bond donors (Lipinski definition) is 1. The van der Waals surface area contributed by atoms with Crippen molar-refractivity contribution in [1.82, 2.24) is 19.6 Å². The number of carbonyl (C=O) groups excluding carboxylic acids is 2. The van der Waals surface area contributed by atoms with E-state index < -0.39 is 23.5 Å². The van der Waals surface area contributed by atoms with Crippen LogP contribution in [0.4, 0.5) is 5.00 Å². The number of amides is 1. The second-order valence-corrected chi connectivity index (χ2v) is 9.99. The van der Waals surface area contributed by atoms with E-state index in [1.807, 2.05) is 31.2 Å². The van der Waals surface area contributed by atoms with Crippen molar-refractivity contribution >= 4 is 39.1 Å². The number of aryl methyl sites for hydroxylation is 3. The second-order valence-electron chi connectivity index (χ2n) is 8.89. The number of rotatable bonds is 6. The molecule has 0 saturated carbocycles. The van der Waals surface area contributed by atoms with Gasteiger partial charge in [-0.3, -0.25) is 9.59 Å². The molecule has 3 heterocycles. The van der Waals surface area contributed by atoms with Crippen LogP contribution in [0, 0.1) is 13.8 Å². The van der Waals surface area contributed by atoms with Crippen molar-refractivity contribution in [3.63, 3.8) is 0 Å². The van der Waals surface area contributed by atoms with E-state index in [0.29, 0.717) is 27.2 Å². The van der Waals surface area contributed by atoms with Crippen molar-refractivity contribution in [1.29, 1.82) is 0 Å².